The highest BCUT2D eigenvalue weighted by molar-refractivity contribution is 5.82. The van der Waals surface area contributed by atoms with Gasteiger partial charge in [0.25, 0.3) is 0 Å². The molecule has 1 aliphatic heterocycles. The summed E-state index contributed by atoms with van der Waals surface area (Å²) >= 11 is 0. The Morgan fingerprint density at radius 3 is 2.61 bits per heavy atom. The number of aromatic nitrogens is 1. The summed E-state index contributed by atoms with van der Waals surface area (Å²) in [6.45, 7) is 2.81. The van der Waals surface area contributed by atoms with Crippen molar-refractivity contribution in [3.05, 3.63) is 42.1 Å². The molecule has 126 valence electrons. The fourth-order valence-corrected chi connectivity index (χ4v) is 2.06. The van der Waals surface area contributed by atoms with E-state index in [0.717, 1.165) is 0 Å². The van der Waals surface area contributed by atoms with Crippen LogP contribution in [0, 0.1) is 0 Å². The molecule has 5 nitrogen and oxygen atoms in total. The van der Waals surface area contributed by atoms with Gasteiger partial charge in [-0.2, -0.15) is 13.2 Å². The zero-order valence-corrected chi connectivity index (χ0v) is 12.8. The van der Waals surface area contributed by atoms with Gasteiger partial charge < -0.3 is 14.4 Å². The van der Waals surface area contributed by atoms with E-state index in [1.54, 1.807) is 38.2 Å². The molecule has 0 N–H and O–H groups in total. The third-order valence-corrected chi connectivity index (χ3v) is 3.09. The van der Waals surface area contributed by atoms with E-state index < -0.39 is 17.9 Å². The Bertz CT molecular complexity index is 585. The van der Waals surface area contributed by atoms with E-state index in [1.165, 1.54) is 6.26 Å². The molecule has 0 unspecified atom stereocenters. The highest BCUT2D eigenvalue weighted by Gasteiger charge is 2.43. The van der Waals surface area contributed by atoms with Gasteiger partial charge in [-0.15, -0.1) is 0 Å². The number of rotatable bonds is 5. The van der Waals surface area contributed by atoms with Gasteiger partial charge in [0.1, 0.15) is 6.26 Å². The van der Waals surface area contributed by atoms with E-state index in [9.17, 15) is 18.0 Å². The van der Waals surface area contributed by atoms with Crippen molar-refractivity contribution in [3.63, 3.8) is 0 Å². The second-order valence-corrected chi connectivity index (χ2v) is 5.50. The van der Waals surface area contributed by atoms with Crippen LogP contribution in [0.25, 0.3) is 0 Å². The van der Waals surface area contributed by atoms with Crippen LogP contribution in [0.1, 0.15) is 19.5 Å². The number of ether oxygens (including phenoxy) is 2. The molecule has 0 saturated carbocycles. The smallest absolute Gasteiger partial charge is 0.457 e. The Hall–Kier alpha value is -2.25. The first kappa shape index (κ1) is 17.1. The Morgan fingerprint density at radius 2 is 2.09 bits per heavy atom. The van der Waals surface area contributed by atoms with E-state index in [-0.39, 0.29) is 25.3 Å². The van der Waals surface area contributed by atoms with E-state index in [1.807, 2.05) is 0 Å². The highest BCUT2D eigenvalue weighted by atomic mass is 19.4. The van der Waals surface area contributed by atoms with Crippen molar-refractivity contribution in [3.8, 4) is 0 Å². The topological polar surface area (TPSA) is 51.7 Å². The predicted octanol–water partition coefficient (Wildman–Crippen LogP) is 2.64. The van der Waals surface area contributed by atoms with Crippen LogP contribution in [-0.4, -0.2) is 40.8 Å². The van der Waals surface area contributed by atoms with Crippen LogP contribution in [-0.2, 0) is 20.7 Å². The van der Waals surface area contributed by atoms with E-state index in [2.05, 4.69) is 4.98 Å². The number of nitrogens with zero attached hydrogens (tertiary/aromatic N) is 2. The quantitative estimate of drug-likeness (QED) is 0.833. The third-order valence-electron chi connectivity index (χ3n) is 3.09. The molecule has 23 heavy (non-hydrogen) atoms. The first-order chi connectivity index (χ1) is 10.7. The van der Waals surface area contributed by atoms with Crippen molar-refractivity contribution in [2.75, 3.05) is 13.1 Å². The van der Waals surface area contributed by atoms with E-state index in [4.69, 9.17) is 9.47 Å². The van der Waals surface area contributed by atoms with Crippen molar-refractivity contribution >= 4 is 5.91 Å². The summed E-state index contributed by atoms with van der Waals surface area (Å²) in [6.07, 6.45) is -1.96. The third kappa shape index (κ3) is 4.87. The molecule has 1 aromatic heterocycles. The zero-order valence-electron chi connectivity index (χ0n) is 12.8. The minimum atomic E-state index is -4.94. The van der Waals surface area contributed by atoms with Crippen LogP contribution in [0.15, 0.2) is 36.4 Å². The van der Waals surface area contributed by atoms with Crippen molar-refractivity contribution < 1.29 is 27.4 Å². The van der Waals surface area contributed by atoms with E-state index in [0.29, 0.717) is 10.6 Å². The van der Waals surface area contributed by atoms with Crippen LogP contribution in [0.2, 0.25) is 0 Å². The summed E-state index contributed by atoms with van der Waals surface area (Å²) in [4.78, 5) is 16.3. The fraction of sp³-hybridized carbons (Fsp3) is 0.467. The lowest BCUT2D eigenvalue weighted by Gasteiger charge is -2.25. The lowest BCUT2D eigenvalue weighted by Crippen LogP contribution is -2.43. The molecule has 0 bridgehead atoms. The van der Waals surface area contributed by atoms with Gasteiger partial charge in [0, 0.05) is 38.7 Å². The maximum absolute atomic E-state index is 12.8. The molecule has 0 atom stereocenters. The SMILES string of the molecule is CC1(C)OC=C(CN(CCc2ccccn2)C(=O)C(F)(F)F)O1. The molecule has 0 spiro atoms. The van der Waals surface area contributed by atoms with Gasteiger partial charge in [0.15, 0.2) is 5.76 Å². The molecular weight excluding hydrogens is 313 g/mol. The molecule has 8 heteroatoms. The summed E-state index contributed by atoms with van der Waals surface area (Å²) in [7, 11) is 0. The highest BCUT2D eigenvalue weighted by Crippen LogP contribution is 2.26. The molecule has 1 amide bonds. The van der Waals surface area contributed by atoms with Gasteiger partial charge in [-0.1, -0.05) is 6.07 Å². The average molecular weight is 330 g/mol. The van der Waals surface area contributed by atoms with Crippen molar-refractivity contribution in [2.45, 2.75) is 32.2 Å². The van der Waals surface area contributed by atoms with Gasteiger partial charge >= 0.3 is 12.1 Å². The largest absolute Gasteiger partial charge is 0.471 e. The van der Waals surface area contributed by atoms with E-state index >= 15 is 0 Å². The maximum atomic E-state index is 12.8. The number of alkyl halides is 3. The average Bonchev–Trinajstić information content (AvgIpc) is 2.82. The maximum Gasteiger partial charge on any atom is 0.471 e. The predicted molar refractivity (Wildman–Crippen MR) is 74.9 cm³/mol. The zero-order chi connectivity index (χ0) is 17.1. The minimum absolute atomic E-state index is 0.128. The fourth-order valence-electron chi connectivity index (χ4n) is 2.06. The number of hydrogen-bond acceptors (Lipinski definition) is 4. The van der Waals surface area contributed by atoms with Gasteiger partial charge in [-0.05, 0) is 12.1 Å². The van der Waals surface area contributed by atoms with Crippen LogP contribution >= 0.6 is 0 Å². The first-order valence-corrected chi connectivity index (χ1v) is 6.99. The molecule has 1 aliphatic rings. The number of amides is 1. The summed E-state index contributed by atoms with van der Waals surface area (Å²) in [5, 5.41) is 0. The molecule has 0 fully saturated rings. The molecule has 0 aromatic carbocycles. The number of halogens is 3. The monoisotopic (exact) mass is 330 g/mol. The number of pyridine rings is 1. The molecule has 0 saturated heterocycles. The number of carbonyl (C=O) groups is 1. The number of hydrogen-bond donors (Lipinski definition) is 0. The molecule has 2 heterocycles. The van der Waals surface area contributed by atoms with Crippen LogP contribution in [0.3, 0.4) is 0 Å². The van der Waals surface area contributed by atoms with Gasteiger partial charge in [-0.3, -0.25) is 9.78 Å². The summed E-state index contributed by atoms with van der Waals surface area (Å²) in [6, 6.07) is 5.13. The van der Waals surface area contributed by atoms with Gasteiger partial charge in [0.05, 0.1) is 6.54 Å². The standard InChI is InChI=1S/C15H17F3N2O3/c1-14(2)22-10-12(23-14)9-20(13(21)15(16,17)18)8-6-11-5-3-4-7-19-11/h3-5,7,10H,6,8-9H2,1-2H3. The minimum Gasteiger partial charge on any atom is -0.457 e. The second kappa shape index (κ2) is 6.47. The van der Waals surface area contributed by atoms with Crippen LogP contribution < -0.4 is 0 Å². The normalized spacial score (nSPS) is 16.3. The Labute approximate surface area is 131 Å². The lowest BCUT2D eigenvalue weighted by atomic mass is 10.2. The van der Waals surface area contributed by atoms with Crippen LogP contribution in [0.4, 0.5) is 13.2 Å². The summed E-state index contributed by atoms with van der Waals surface area (Å²) in [5.74, 6) is -2.68. The Kier molecular flexibility index (Phi) is 4.82. The lowest BCUT2D eigenvalue weighted by molar-refractivity contribution is -0.186. The second-order valence-electron chi connectivity index (χ2n) is 5.50. The number of carbonyl (C=O) groups excluding carboxylic acids is 1. The van der Waals surface area contributed by atoms with Gasteiger partial charge in [-0.25, -0.2) is 0 Å². The van der Waals surface area contributed by atoms with Crippen molar-refractivity contribution in [1.82, 2.24) is 9.88 Å². The molecule has 0 radical (unpaired) electrons. The van der Waals surface area contributed by atoms with Crippen molar-refractivity contribution in [2.24, 2.45) is 0 Å². The molecule has 0 aliphatic carbocycles. The Balaban J connectivity index is 2.05. The summed E-state index contributed by atoms with van der Waals surface area (Å²) in [5.41, 5.74) is 0.602. The Morgan fingerprint density at radius 1 is 1.35 bits per heavy atom. The molecule has 2 rings (SSSR count). The van der Waals surface area contributed by atoms with Crippen LogP contribution in [0.5, 0.6) is 0 Å². The molecular formula is C15H17F3N2O3. The summed E-state index contributed by atoms with van der Waals surface area (Å²) < 4.78 is 48.8. The first-order valence-electron chi connectivity index (χ1n) is 6.99. The molecule has 1 aromatic rings. The van der Waals surface area contributed by atoms with Crippen molar-refractivity contribution in [1.29, 1.82) is 0 Å². The van der Waals surface area contributed by atoms with Gasteiger partial charge in [0.2, 0.25) is 5.79 Å².